The number of amides is 2. The first kappa shape index (κ1) is 30.9. The van der Waals surface area contributed by atoms with Crippen LogP contribution < -0.4 is 19.7 Å². The zero-order valence-electron chi connectivity index (χ0n) is 26.8. The second-order valence-electron chi connectivity index (χ2n) is 11.9. The largest absolute Gasteiger partial charge is 0.497 e. The summed E-state index contributed by atoms with van der Waals surface area (Å²) in [5, 5.41) is 21.2. The summed E-state index contributed by atoms with van der Waals surface area (Å²) in [5.74, 6) is 0.773. The van der Waals surface area contributed by atoms with Crippen LogP contribution in [0.2, 0.25) is 0 Å². The molecule has 0 radical (unpaired) electrons. The van der Waals surface area contributed by atoms with Crippen LogP contribution in [-0.2, 0) is 16.1 Å². The topological polar surface area (TPSA) is 129 Å². The number of hydrogen-bond donors (Lipinski definition) is 1. The number of anilines is 1. The van der Waals surface area contributed by atoms with Crippen molar-refractivity contribution in [3.8, 4) is 17.2 Å². The van der Waals surface area contributed by atoms with Crippen molar-refractivity contribution in [2.45, 2.75) is 50.7 Å². The molecule has 244 valence electrons. The minimum Gasteiger partial charge on any atom is -0.497 e. The molecule has 12 nitrogen and oxygen atoms in total. The van der Waals surface area contributed by atoms with Crippen LogP contribution in [0.5, 0.6) is 11.5 Å². The van der Waals surface area contributed by atoms with Gasteiger partial charge in [0.15, 0.2) is 0 Å². The van der Waals surface area contributed by atoms with E-state index < -0.39 is 6.04 Å². The monoisotopic (exact) mass is 644 g/mol. The second-order valence-corrected chi connectivity index (χ2v) is 11.9. The van der Waals surface area contributed by atoms with Crippen molar-refractivity contribution in [2.75, 3.05) is 19.1 Å². The zero-order chi connectivity index (χ0) is 33.0. The molecule has 1 fully saturated rings. The maximum atomic E-state index is 14.6. The Kier molecular flexibility index (Phi) is 8.69. The predicted octanol–water partition coefficient (Wildman–Crippen LogP) is 5.41. The Morgan fingerprint density at radius 2 is 1.52 bits per heavy atom. The summed E-state index contributed by atoms with van der Waals surface area (Å²) in [6.45, 7) is -0.138. The number of carbonyl (C=O) groups excluding carboxylic acids is 2. The molecule has 6 aromatic rings. The maximum Gasteiger partial charge on any atom is 0.249 e. The van der Waals surface area contributed by atoms with E-state index in [1.807, 2.05) is 66.7 Å². The van der Waals surface area contributed by atoms with Crippen LogP contribution >= 0.6 is 0 Å². The molecule has 1 aliphatic rings. The van der Waals surface area contributed by atoms with Gasteiger partial charge < -0.3 is 14.8 Å². The van der Waals surface area contributed by atoms with Gasteiger partial charge in [0.2, 0.25) is 11.8 Å². The van der Waals surface area contributed by atoms with Crippen LogP contribution in [0.15, 0.2) is 91.0 Å². The summed E-state index contributed by atoms with van der Waals surface area (Å²) in [5.41, 5.74) is 4.49. The minimum absolute atomic E-state index is 0.0371. The van der Waals surface area contributed by atoms with Gasteiger partial charge in [0.1, 0.15) is 40.6 Å². The van der Waals surface area contributed by atoms with E-state index in [9.17, 15) is 9.59 Å². The van der Waals surface area contributed by atoms with Crippen molar-refractivity contribution >= 4 is 39.6 Å². The highest BCUT2D eigenvalue weighted by atomic mass is 16.5. The fraction of sp³-hybridized carbons (Fsp3) is 0.278. The molecule has 1 atom stereocenters. The van der Waals surface area contributed by atoms with Crippen LogP contribution in [0.3, 0.4) is 0 Å². The summed E-state index contributed by atoms with van der Waals surface area (Å²) in [6, 6.07) is 26.6. The first-order valence-corrected chi connectivity index (χ1v) is 16.1. The van der Waals surface area contributed by atoms with E-state index >= 15 is 0 Å². The van der Waals surface area contributed by atoms with Gasteiger partial charge in [-0.1, -0.05) is 48.7 Å². The highest BCUT2D eigenvalue weighted by molar-refractivity contribution is 6.02. The van der Waals surface area contributed by atoms with E-state index in [-0.39, 0.29) is 24.4 Å². The number of carbonyl (C=O) groups is 2. The smallest absolute Gasteiger partial charge is 0.249 e. The van der Waals surface area contributed by atoms with Gasteiger partial charge in [-0.2, -0.15) is 4.80 Å². The number of hydrogen-bond acceptors (Lipinski definition) is 8. The second kappa shape index (κ2) is 13.5. The normalized spacial score (nSPS) is 14.1. The van der Waals surface area contributed by atoms with E-state index in [4.69, 9.17) is 14.6 Å². The number of fused-ring (bicyclic) bond motifs is 2. The average Bonchev–Trinajstić information content (AvgIpc) is 3.75. The fourth-order valence-corrected chi connectivity index (χ4v) is 6.29. The molecule has 1 aliphatic carbocycles. The van der Waals surface area contributed by atoms with Gasteiger partial charge in [-0.25, -0.2) is 4.68 Å². The lowest BCUT2D eigenvalue weighted by Gasteiger charge is -2.33. The van der Waals surface area contributed by atoms with Gasteiger partial charge in [-0.3, -0.25) is 14.5 Å². The van der Waals surface area contributed by atoms with Gasteiger partial charge in [0, 0.05) is 11.7 Å². The molecule has 4 aromatic carbocycles. The number of ether oxygens (including phenoxy) is 2. The Hall–Kier alpha value is -5.78. The predicted molar refractivity (Wildman–Crippen MR) is 181 cm³/mol. The van der Waals surface area contributed by atoms with Crippen LogP contribution in [0.25, 0.3) is 27.8 Å². The van der Waals surface area contributed by atoms with Crippen molar-refractivity contribution in [1.82, 2.24) is 35.3 Å². The molecule has 48 heavy (non-hydrogen) atoms. The summed E-state index contributed by atoms with van der Waals surface area (Å²) in [4.78, 5) is 32.1. The lowest BCUT2D eigenvalue weighted by Crippen LogP contribution is -2.48. The SMILES string of the molecule is COc1ccc([C@@H](C(=O)NC2CCCCC2)N(C(=O)Cn2nnc3ccccc32)c2ccc3nn(-c4ccc(OC)cc4)nc3c2)cc1. The van der Waals surface area contributed by atoms with Crippen molar-refractivity contribution in [3.05, 3.63) is 96.6 Å². The third-order valence-electron chi connectivity index (χ3n) is 8.81. The molecule has 2 heterocycles. The summed E-state index contributed by atoms with van der Waals surface area (Å²) in [7, 11) is 3.21. The molecule has 12 heteroatoms. The average molecular weight is 645 g/mol. The molecular weight excluding hydrogens is 608 g/mol. The molecule has 7 rings (SSSR count). The third-order valence-corrected chi connectivity index (χ3v) is 8.81. The fourth-order valence-electron chi connectivity index (χ4n) is 6.29. The molecule has 2 amide bonds. The van der Waals surface area contributed by atoms with Crippen LogP contribution in [-0.4, -0.2) is 62.1 Å². The minimum atomic E-state index is -0.991. The highest BCUT2D eigenvalue weighted by Crippen LogP contribution is 2.32. The number of nitrogens with one attached hydrogen (secondary N) is 1. The Morgan fingerprint density at radius 1 is 0.833 bits per heavy atom. The molecular formula is C36H36N8O4. The standard InChI is InChI=1S/C36H36N8O4/c1-47-28-17-12-24(13-18-28)35(36(46)37-25-8-4-3-5-9-25)43(34(45)23-42-33-11-7-6-10-31(33)38-41-42)27-16-21-30-32(22-27)40-44(39-30)26-14-19-29(48-2)20-15-26/h6-7,10-22,25,35H,3-5,8-9,23H2,1-2H3,(H,37,46)/t35-/m0/s1. The Bertz CT molecular complexity index is 2050. The molecule has 0 spiro atoms. The molecule has 0 bridgehead atoms. The summed E-state index contributed by atoms with van der Waals surface area (Å²) < 4.78 is 12.3. The van der Waals surface area contributed by atoms with Crippen molar-refractivity contribution in [3.63, 3.8) is 0 Å². The van der Waals surface area contributed by atoms with Gasteiger partial charge in [0.25, 0.3) is 0 Å². The lowest BCUT2D eigenvalue weighted by molar-refractivity contribution is -0.127. The molecule has 1 N–H and O–H groups in total. The van der Waals surface area contributed by atoms with Crippen LogP contribution in [0, 0.1) is 0 Å². The van der Waals surface area contributed by atoms with Crippen molar-refractivity contribution in [1.29, 1.82) is 0 Å². The third kappa shape index (κ3) is 6.28. The van der Waals surface area contributed by atoms with E-state index in [1.54, 1.807) is 52.9 Å². The van der Waals surface area contributed by atoms with Gasteiger partial charge in [-0.05, 0) is 85.1 Å². The lowest BCUT2D eigenvalue weighted by atomic mass is 9.94. The number of aromatic nitrogens is 6. The summed E-state index contributed by atoms with van der Waals surface area (Å²) >= 11 is 0. The Morgan fingerprint density at radius 3 is 2.25 bits per heavy atom. The number of methoxy groups -OCH3 is 2. The van der Waals surface area contributed by atoms with Crippen LogP contribution in [0.4, 0.5) is 5.69 Å². The van der Waals surface area contributed by atoms with E-state index in [1.165, 1.54) is 0 Å². The maximum absolute atomic E-state index is 14.6. The molecule has 0 unspecified atom stereocenters. The van der Waals surface area contributed by atoms with E-state index in [2.05, 4.69) is 20.7 Å². The molecule has 2 aromatic heterocycles. The number of para-hydroxylation sites is 1. The first-order chi connectivity index (χ1) is 23.5. The summed E-state index contributed by atoms with van der Waals surface area (Å²) in [6.07, 6.45) is 5.07. The first-order valence-electron chi connectivity index (χ1n) is 16.1. The van der Waals surface area contributed by atoms with Gasteiger partial charge in [0.05, 0.1) is 25.4 Å². The molecule has 0 saturated heterocycles. The number of benzene rings is 4. The highest BCUT2D eigenvalue weighted by Gasteiger charge is 2.35. The Balaban J connectivity index is 1.32. The quantitative estimate of drug-likeness (QED) is 0.210. The molecule has 0 aliphatic heterocycles. The van der Waals surface area contributed by atoms with E-state index in [0.717, 1.165) is 49.1 Å². The van der Waals surface area contributed by atoms with Crippen molar-refractivity contribution < 1.29 is 19.1 Å². The van der Waals surface area contributed by atoms with Gasteiger partial charge in [-0.15, -0.1) is 15.3 Å². The number of nitrogens with zero attached hydrogens (tertiary/aromatic N) is 7. The zero-order valence-corrected chi connectivity index (χ0v) is 26.8. The number of rotatable bonds is 10. The van der Waals surface area contributed by atoms with E-state index in [0.29, 0.717) is 33.6 Å². The molecule has 1 saturated carbocycles. The van der Waals surface area contributed by atoms with Crippen molar-refractivity contribution in [2.24, 2.45) is 0 Å². The Labute approximate surface area is 277 Å². The van der Waals surface area contributed by atoms with Gasteiger partial charge >= 0.3 is 0 Å². The van der Waals surface area contributed by atoms with Crippen LogP contribution in [0.1, 0.15) is 43.7 Å².